The van der Waals surface area contributed by atoms with Crippen molar-refractivity contribution in [3.8, 4) is 11.5 Å². The monoisotopic (exact) mass is 306 g/mol. The summed E-state index contributed by atoms with van der Waals surface area (Å²) in [4.78, 5) is 11.8. The molecule has 1 aromatic carbocycles. The molecular weight excluding hydrogens is 280 g/mol. The molecular formula is C18H26O4. The number of benzene rings is 1. The number of methoxy groups -OCH3 is 2. The van der Waals surface area contributed by atoms with E-state index >= 15 is 0 Å². The molecule has 0 atom stereocenters. The van der Waals surface area contributed by atoms with Crippen LogP contribution in [0, 0.1) is 0 Å². The minimum Gasteiger partial charge on any atom is -0.497 e. The van der Waals surface area contributed by atoms with Gasteiger partial charge in [-0.1, -0.05) is 19.8 Å². The van der Waals surface area contributed by atoms with Crippen LogP contribution in [-0.4, -0.2) is 26.8 Å². The Balaban J connectivity index is 3.11. The zero-order valence-electron chi connectivity index (χ0n) is 14.0. The molecule has 0 heterocycles. The molecule has 0 aromatic heterocycles. The molecule has 0 unspecified atom stereocenters. The van der Waals surface area contributed by atoms with E-state index in [-0.39, 0.29) is 5.97 Å². The Morgan fingerprint density at radius 1 is 1.14 bits per heavy atom. The van der Waals surface area contributed by atoms with Crippen LogP contribution in [-0.2, 0) is 9.53 Å². The largest absolute Gasteiger partial charge is 0.497 e. The van der Waals surface area contributed by atoms with Gasteiger partial charge in [0.2, 0.25) is 0 Å². The number of carbonyl (C=O) groups is 1. The van der Waals surface area contributed by atoms with Gasteiger partial charge < -0.3 is 14.2 Å². The van der Waals surface area contributed by atoms with Crippen molar-refractivity contribution in [3.63, 3.8) is 0 Å². The van der Waals surface area contributed by atoms with Crippen molar-refractivity contribution in [2.75, 3.05) is 20.8 Å². The van der Waals surface area contributed by atoms with Gasteiger partial charge in [0, 0.05) is 17.7 Å². The van der Waals surface area contributed by atoms with Gasteiger partial charge in [0.25, 0.3) is 0 Å². The molecule has 0 aliphatic rings. The molecule has 0 saturated heterocycles. The second-order valence-corrected chi connectivity index (χ2v) is 4.94. The third kappa shape index (κ3) is 5.43. The summed E-state index contributed by atoms with van der Waals surface area (Å²) in [5.74, 6) is 1.11. The number of esters is 1. The van der Waals surface area contributed by atoms with E-state index in [0.717, 1.165) is 42.6 Å². The summed E-state index contributed by atoms with van der Waals surface area (Å²) in [6.45, 7) is 4.33. The minimum absolute atomic E-state index is 0.313. The van der Waals surface area contributed by atoms with E-state index in [1.807, 2.05) is 18.2 Å². The Morgan fingerprint density at radius 3 is 2.50 bits per heavy atom. The fourth-order valence-electron chi connectivity index (χ4n) is 2.24. The minimum atomic E-state index is -0.313. The molecule has 122 valence electrons. The maximum Gasteiger partial charge on any atom is 0.331 e. The highest BCUT2D eigenvalue weighted by atomic mass is 16.5. The molecule has 4 heteroatoms. The van der Waals surface area contributed by atoms with Gasteiger partial charge >= 0.3 is 5.97 Å². The number of unbranched alkanes of at least 4 members (excludes halogenated alkanes) is 2. The Kier molecular flexibility index (Phi) is 8.11. The summed E-state index contributed by atoms with van der Waals surface area (Å²) in [6.07, 6.45) is 5.67. The third-order valence-electron chi connectivity index (χ3n) is 3.38. The number of rotatable bonds is 9. The van der Waals surface area contributed by atoms with Crippen LogP contribution in [0.4, 0.5) is 0 Å². The maximum absolute atomic E-state index is 11.8. The summed E-state index contributed by atoms with van der Waals surface area (Å²) < 4.78 is 15.7. The molecule has 0 spiro atoms. The van der Waals surface area contributed by atoms with Crippen molar-refractivity contribution in [1.29, 1.82) is 0 Å². The van der Waals surface area contributed by atoms with Crippen molar-refractivity contribution < 1.29 is 19.0 Å². The van der Waals surface area contributed by atoms with Crippen LogP contribution in [0.5, 0.6) is 11.5 Å². The average molecular weight is 306 g/mol. The Labute approximate surface area is 133 Å². The Morgan fingerprint density at radius 2 is 1.91 bits per heavy atom. The van der Waals surface area contributed by atoms with E-state index in [2.05, 4.69) is 6.92 Å². The highest BCUT2D eigenvalue weighted by molar-refractivity contribution is 5.92. The van der Waals surface area contributed by atoms with E-state index in [1.165, 1.54) is 0 Å². The van der Waals surface area contributed by atoms with Gasteiger partial charge in [-0.2, -0.15) is 0 Å². The van der Waals surface area contributed by atoms with E-state index in [0.29, 0.717) is 12.4 Å². The van der Waals surface area contributed by atoms with Crippen LogP contribution >= 0.6 is 0 Å². The van der Waals surface area contributed by atoms with Gasteiger partial charge in [-0.25, -0.2) is 4.79 Å². The first-order valence-electron chi connectivity index (χ1n) is 7.75. The lowest BCUT2D eigenvalue weighted by molar-refractivity contribution is -0.137. The van der Waals surface area contributed by atoms with E-state index in [1.54, 1.807) is 27.2 Å². The summed E-state index contributed by atoms with van der Waals surface area (Å²) in [7, 11) is 3.23. The first-order chi connectivity index (χ1) is 10.7. The zero-order valence-corrected chi connectivity index (χ0v) is 14.0. The SMILES string of the molecule is CCCCC/C(=C/C(=O)OCC)c1ccc(OC)cc1OC. The molecule has 0 aliphatic carbocycles. The standard InChI is InChI=1S/C18H26O4/c1-5-7-8-9-14(12-18(19)22-6-2)16-11-10-15(20-3)13-17(16)21-4/h10-13H,5-9H2,1-4H3/b14-12-. The van der Waals surface area contributed by atoms with Gasteiger partial charge in [0.1, 0.15) is 11.5 Å². The first-order valence-corrected chi connectivity index (χ1v) is 7.75. The van der Waals surface area contributed by atoms with Gasteiger partial charge in [0.15, 0.2) is 0 Å². The summed E-state index contributed by atoms with van der Waals surface area (Å²) in [5.41, 5.74) is 1.85. The molecule has 0 N–H and O–H groups in total. The van der Waals surface area contributed by atoms with E-state index < -0.39 is 0 Å². The summed E-state index contributed by atoms with van der Waals surface area (Å²) in [5, 5.41) is 0. The molecule has 0 bridgehead atoms. The number of carbonyl (C=O) groups excluding carboxylic acids is 1. The van der Waals surface area contributed by atoms with Gasteiger partial charge in [-0.15, -0.1) is 0 Å². The molecule has 4 nitrogen and oxygen atoms in total. The number of allylic oxidation sites excluding steroid dienone is 1. The van der Waals surface area contributed by atoms with Gasteiger partial charge in [-0.3, -0.25) is 0 Å². The Hall–Kier alpha value is -1.97. The molecule has 0 amide bonds. The third-order valence-corrected chi connectivity index (χ3v) is 3.38. The van der Waals surface area contributed by atoms with Crippen molar-refractivity contribution in [2.24, 2.45) is 0 Å². The van der Waals surface area contributed by atoms with E-state index in [9.17, 15) is 4.79 Å². The van der Waals surface area contributed by atoms with E-state index in [4.69, 9.17) is 14.2 Å². The Bertz CT molecular complexity index is 506. The van der Waals surface area contributed by atoms with Crippen LogP contribution in [0.3, 0.4) is 0 Å². The second kappa shape index (κ2) is 9.87. The topological polar surface area (TPSA) is 44.8 Å². The zero-order chi connectivity index (χ0) is 16.4. The van der Waals surface area contributed by atoms with Crippen molar-refractivity contribution in [2.45, 2.75) is 39.5 Å². The number of ether oxygens (including phenoxy) is 3. The number of hydrogen-bond donors (Lipinski definition) is 0. The van der Waals surface area contributed by atoms with Gasteiger partial charge in [-0.05, 0) is 37.5 Å². The fourth-order valence-corrected chi connectivity index (χ4v) is 2.24. The normalized spacial score (nSPS) is 11.2. The van der Waals surface area contributed by atoms with Crippen LogP contribution in [0.15, 0.2) is 24.3 Å². The van der Waals surface area contributed by atoms with Crippen LogP contribution in [0.25, 0.3) is 5.57 Å². The first kappa shape index (κ1) is 18.1. The second-order valence-electron chi connectivity index (χ2n) is 4.94. The lowest BCUT2D eigenvalue weighted by atomic mass is 9.98. The number of hydrogen-bond acceptors (Lipinski definition) is 4. The van der Waals surface area contributed by atoms with Crippen LogP contribution in [0.2, 0.25) is 0 Å². The quantitative estimate of drug-likeness (QED) is 0.389. The van der Waals surface area contributed by atoms with Gasteiger partial charge in [0.05, 0.1) is 20.8 Å². The molecule has 0 radical (unpaired) electrons. The lowest BCUT2D eigenvalue weighted by Gasteiger charge is -2.13. The predicted octanol–water partition coefficient (Wildman–Crippen LogP) is 4.23. The van der Waals surface area contributed by atoms with Crippen molar-refractivity contribution in [1.82, 2.24) is 0 Å². The van der Waals surface area contributed by atoms with Crippen LogP contribution in [0.1, 0.15) is 45.1 Å². The fraction of sp³-hybridized carbons (Fsp3) is 0.500. The molecule has 0 saturated carbocycles. The maximum atomic E-state index is 11.8. The smallest absolute Gasteiger partial charge is 0.331 e. The average Bonchev–Trinajstić information content (AvgIpc) is 2.53. The van der Waals surface area contributed by atoms with Crippen LogP contribution < -0.4 is 9.47 Å². The summed E-state index contributed by atoms with van der Waals surface area (Å²) in [6, 6.07) is 5.62. The molecule has 1 rings (SSSR count). The highest BCUT2D eigenvalue weighted by Gasteiger charge is 2.12. The lowest BCUT2D eigenvalue weighted by Crippen LogP contribution is -2.02. The summed E-state index contributed by atoms with van der Waals surface area (Å²) >= 11 is 0. The van der Waals surface area contributed by atoms with Crippen molar-refractivity contribution >= 4 is 11.5 Å². The molecule has 0 fully saturated rings. The molecule has 1 aromatic rings. The molecule has 0 aliphatic heterocycles. The molecule has 22 heavy (non-hydrogen) atoms. The van der Waals surface area contributed by atoms with Crippen molar-refractivity contribution in [3.05, 3.63) is 29.8 Å². The highest BCUT2D eigenvalue weighted by Crippen LogP contribution is 2.32. The predicted molar refractivity (Wildman–Crippen MR) is 88.3 cm³/mol.